The molecule has 0 radical (unpaired) electrons. The second-order valence-corrected chi connectivity index (χ2v) is 5.41. The second-order valence-electron chi connectivity index (χ2n) is 5.10. The molecule has 0 aliphatic carbocycles. The molecule has 1 aliphatic heterocycles. The molecule has 5 heteroatoms. The molecule has 0 spiro atoms. The number of hydrogen-bond acceptors (Lipinski definition) is 2. The van der Waals surface area contributed by atoms with Crippen LogP contribution in [0.15, 0.2) is 0 Å². The van der Waals surface area contributed by atoms with E-state index in [1.54, 1.807) is 0 Å². The lowest BCUT2D eigenvalue weighted by molar-refractivity contribution is 0.00531. The number of ether oxygens (including phenoxy) is 1. The Morgan fingerprint density at radius 3 is 2.69 bits per heavy atom. The average molecular weight is 252 g/mol. The maximum Gasteiger partial charge on any atom is 0.410 e. The largest absolute Gasteiger partial charge is 0.444 e. The normalized spacial score (nSPS) is 26.7. The molecule has 1 aliphatic rings. The molecular weight excluding hydrogens is 233 g/mol. The van der Waals surface area contributed by atoms with Crippen LogP contribution in [-0.4, -0.2) is 41.2 Å². The zero-order chi connectivity index (χ0) is 12.3. The van der Waals surface area contributed by atoms with Crippen molar-refractivity contribution in [3.05, 3.63) is 0 Å². The third-order valence-corrected chi connectivity index (χ3v) is 2.81. The van der Waals surface area contributed by atoms with Gasteiger partial charge in [0.1, 0.15) is 11.8 Å². The Labute approximate surface area is 101 Å². The van der Waals surface area contributed by atoms with Gasteiger partial charge in [-0.1, -0.05) is 0 Å². The Kier molecular flexibility index (Phi) is 4.42. The summed E-state index contributed by atoms with van der Waals surface area (Å²) in [6.45, 7) is 5.81. The van der Waals surface area contributed by atoms with Crippen LogP contribution >= 0.6 is 11.6 Å². The van der Waals surface area contributed by atoms with E-state index in [-0.39, 0.29) is 11.9 Å². The number of amides is 1. The third-order valence-electron chi connectivity index (χ3n) is 2.46. The molecule has 94 valence electrons. The van der Waals surface area contributed by atoms with E-state index in [9.17, 15) is 9.18 Å². The lowest BCUT2D eigenvalue weighted by Gasteiger charge is -2.36. The Hall–Kier alpha value is -0.510. The van der Waals surface area contributed by atoms with Crippen molar-refractivity contribution in [1.82, 2.24) is 4.90 Å². The van der Waals surface area contributed by atoms with E-state index in [0.717, 1.165) is 0 Å². The first kappa shape index (κ1) is 13.6. The number of nitrogens with zero attached hydrogens (tertiary/aromatic N) is 1. The van der Waals surface area contributed by atoms with Crippen molar-refractivity contribution >= 4 is 17.7 Å². The lowest BCUT2D eigenvalue weighted by atomic mass is 10.0. The fourth-order valence-electron chi connectivity index (χ4n) is 1.71. The first-order chi connectivity index (χ1) is 7.33. The number of alkyl halides is 2. The number of hydrogen-bond donors (Lipinski definition) is 0. The first-order valence-corrected chi connectivity index (χ1v) is 6.06. The number of carbonyl (C=O) groups is 1. The van der Waals surface area contributed by atoms with Gasteiger partial charge < -0.3 is 9.64 Å². The highest BCUT2D eigenvalue weighted by molar-refractivity contribution is 6.18. The van der Waals surface area contributed by atoms with E-state index in [0.29, 0.717) is 19.4 Å². The van der Waals surface area contributed by atoms with Crippen LogP contribution in [0.25, 0.3) is 0 Å². The molecule has 0 saturated carbocycles. The van der Waals surface area contributed by atoms with E-state index >= 15 is 0 Å². The summed E-state index contributed by atoms with van der Waals surface area (Å²) >= 11 is 5.74. The summed E-state index contributed by atoms with van der Waals surface area (Å²) in [6, 6.07) is -0.250. The molecule has 0 aromatic carbocycles. The summed E-state index contributed by atoms with van der Waals surface area (Å²) in [6.07, 6.45) is -0.581. The van der Waals surface area contributed by atoms with Gasteiger partial charge in [-0.05, 0) is 27.2 Å². The van der Waals surface area contributed by atoms with Crippen LogP contribution in [-0.2, 0) is 4.74 Å². The predicted molar refractivity (Wildman–Crippen MR) is 61.6 cm³/mol. The molecule has 0 aromatic heterocycles. The Morgan fingerprint density at radius 1 is 1.56 bits per heavy atom. The summed E-state index contributed by atoms with van der Waals surface area (Å²) in [4.78, 5) is 13.3. The van der Waals surface area contributed by atoms with E-state index in [1.807, 2.05) is 20.8 Å². The van der Waals surface area contributed by atoms with Crippen LogP contribution in [0, 0.1) is 0 Å². The van der Waals surface area contributed by atoms with Gasteiger partial charge in [-0.15, -0.1) is 11.6 Å². The molecule has 0 N–H and O–H groups in total. The predicted octanol–water partition coefficient (Wildman–Crippen LogP) is 2.96. The number of piperidine rings is 1. The van der Waals surface area contributed by atoms with Crippen LogP contribution in [0.1, 0.15) is 33.6 Å². The van der Waals surface area contributed by atoms with Crippen molar-refractivity contribution in [2.24, 2.45) is 0 Å². The highest BCUT2D eigenvalue weighted by atomic mass is 35.5. The van der Waals surface area contributed by atoms with Crippen LogP contribution in [0.4, 0.5) is 9.18 Å². The van der Waals surface area contributed by atoms with E-state index in [4.69, 9.17) is 16.3 Å². The highest BCUT2D eigenvalue weighted by Crippen LogP contribution is 2.23. The summed E-state index contributed by atoms with van der Waals surface area (Å²) in [7, 11) is 0. The van der Waals surface area contributed by atoms with Gasteiger partial charge in [0.25, 0.3) is 0 Å². The van der Waals surface area contributed by atoms with Gasteiger partial charge >= 0.3 is 6.09 Å². The molecule has 1 fully saturated rings. The number of halogens is 2. The van der Waals surface area contributed by atoms with E-state index < -0.39 is 17.9 Å². The highest BCUT2D eigenvalue weighted by Gasteiger charge is 2.33. The van der Waals surface area contributed by atoms with Gasteiger partial charge in [-0.3, -0.25) is 0 Å². The van der Waals surface area contributed by atoms with Gasteiger partial charge in [0.2, 0.25) is 0 Å². The molecule has 1 rings (SSSR count). The maximum atomic E-state index is 13.2. The number of rotatable bonds is 1. The van der Waals surface area contributed by atoms with Crippen molar-refractivity contribution < 1.29 is 13.9 Å². The Balaban J connectivity index is 2.60. The molecule has 16 heavy (non-hydrogen) atoms. The van der Waals surface area contributed by atoms with Crippen molar-refractivity contribution in [1.29, 1.82) is 0 Å². The smallest absolute Gasteiger partial charge is 0.410 e. The molecule has 0 aromatic rings. The Morgan fingerprint density at radius 2 is 2.19 bits per heavy atom. The summed E-state index contributed by atoms with van der Waals surface area (Å²) in [5.41, 5.74) is -0.527. The number of carbonyl (C=O) groups excluding carboxylic acids is 1. The molecule has 3 nitrogen and oxygen atoms in total. The number of likely N-dealkylation sites (tertiary alicyclic amines) is 1. The van der Waals surface area contributed by atoms with Crippen LogP contribution in [0.3, 0.4) is 0 Å². The van der Waals surface area contributed by atoms with Crippen molar-refractivity contribution in [2.45, 2.75) is 51.4 Å². The van der Waals surface area contributed by atoms with E-state index in [1.165, 1.54) is 4.90 Å². The molecule has 2 unspecified atom stereocenters. The van der Waals surface area contributed by atoms with Gasteiger partial charge in [0.15, 0.2) is 0 Å². The summed E-state index contributed by atoms with van der Waals surface area (Å²) < 4.78 is 18.4. The zero-order valence-corrected chi connectivity index (χ0v) is 10.8. The summed E-state index contributed by atoms with van der Waals surface area (Å²) in [5.74, 6) is 0.250. The minimum Gasteiger partial charge on any atom is -0.444 e. The monoisotopic (exact) mass is 251 g/mol. The second kappa shape index (κ2) is 5.21. The van der Waals surface area contributed by atoms with Crippen molar-refractivity contribution in [3.63, 3.8) is 0 Å². The molecule has 0 bridgehead atoms. The lowest BCUT2D eigenvalue weighted by Crippen LogP contribution is -2.49. The maximum absolute atomic E-state index is 13.2. The van der Waals surface area contributed by atoms with Crippen molar-refractivity contribution in [2.75, 3.05) is 12.4 Å². The average Bonchev–Trinajstić information content (AvgIpc) is 2.14. The molecular formula is C11H19ClFNO2. The third kappa shape index (κ3) is 3.81. The SMILES string of the molecule is CC(C)(C)OC(=O)N1CCC(F)CC1CCl. The van der Waals surface area contributed by atoms with Gasteiger partial charge in [0.05, 0.1) is 6.04 Å². The van der Waals surface area contributed by atoms with Gasteiger partial charge in [-0.2, -0.15) is 0 Å². The van der Waals surface area contributed by atoms with Crippen molar-refractivity contribution in [3.8, 4) is 0 Å². The topological polar surface area (TPSA) is 29.5 Å². The van der Waals surface area contributed by atoms with Gasteiger partial charge in [-0.25, -0.2) is 9.18 Å². The standard InChI is InChI=1S/C11H19ClFNO2/c1-11(2,3)16-10(15)14-5-4-8(13)6-9(14)7-12/h8-9H,4-7H2,1-3H3. The minimum absolute atomic E-state index is 0.250. The Bertz CT molecular complexity index is 255. The van der Waals surface area contributed by atoms with E-state index in [2.05, 4.69) is 0 Å². The zero-order valence-electron chi connectivity index (χ0n) is 10.0. The first-order valence-electron chi connectivity index (χ1n) is 5.53. The van der Waals surface area contributed by atoms with Gasteiger partial charge in [0, 0.05) is 18.8 Å². The molecule has 2 atom stereocenters. The minimum atomic E-state index is -0.859. The molecule has 1 saturated heterocycles. The fourth-order valence-corrected chi connectivity index (χ4v) is 2.00. The quantitative estimate of drug-likeness (QED) is 0.671. The van der Waals surface area contributed by atoms with Crippen LogP contribution in [0.2, 0.25) is 0 Å². The van der Waals surface area contributed by atoms with Crippen LogP contribution < -0.4 is 0 Å². The molecule has 1 heterocycles. The summed E-state index contributed by atoms with van der Waals surface area (Å²) in [5, 5.41) is 0. The van der Waals surface area contributed by atoms with Crippen LogP contribution in [0.5, 0.6) is 0 Å². The molecule has 1 amide bonds. The fraction of sp³-hybridized carbons (Fsp3) is 0.909.